The van der Waals surface area contributed by atoms with Crippen LogP contribution in [-0.4, -0.2) is 69.2 Å². The van der Waals surface area contributed by atoms with E-state index in [2.05, 4.69) is 21.9 Å². The number of halogens is 1. The lowest BCUT2D eigenvalue weighted by Gasteiger charge is -2.40. The summed E-state index contributed by atoms with van der Waals surface area (Å²) >= 11 is 6.16. The Labute approximate surface area is 246 Å². The van der Waals surface area contributed by atoms with Gasteiger partial charge < -0.3 is 19.7 Å². The van der Waals surface area contributed by atoms with E-state index >= 15 is 0 Å². The predicted molar refractivity (Wildman–Crippen MR) is 163 cm³/mol. The highest BCUT2D eigenvalue weighted by molar-refractivity contribution is 6.38. The van der Waals surface area contributed by atoms with Gasteiger partial charge in [-0.25, -0.2) is 4.98 Å². The molecule has 3 aliphatic rings. The molecule has 1 atom stereocenters. The lowest BCUT2D eigenvalue weighted by Crippen LogP contribution is -2.57. The second-order valence-electron chi connectivity index (χ2n) is 11.5. The number of piperazine rings is 1. The van der Waals surface area contributed by atoms with Crippen molar-refractivity contribution >= 4 is 45.9 Å². The van der Waals surface area contributed by atoms with E-state index in [-0.39, 0.29) is 17.9 Å². The predicted octanol–water partition coefficient (Wildman–Crippen LogP) is 5.07. The Kier molecular flexibility index (Phi) is 7.84. The molecule has 2 aliphatic heterocycles. The number of carbonyl (C=O) groups is 2. The van der Waals surface area contributed by atoms with Crippen molar-refractivity contribution in [1.82, 2.24) is 24.7 Å². The summed E-state index contributed by atoms with van der Waals surface area (Å²) in [6, 6.07) is 13.4. The number of aromatic nitrogens is 2. The van der Waals surface area contributed by atoms with Crippen LogP contribution < -0.4 is 5.32 Å². The van der Waals surface area contributed by atoms with Gasteiger partial charge in [0.1, 0.15) is 5.82 Å². The summed E-state index contributed by atoms with van der Waals surface area (Å²) < 4.78 is 2.17. The summed E-state index contributed by atoms with van der Waals surface area (Å²) in [4.78, 5) is 40.0. The van der Waals surface area contributed by atoms with Gasteiger partial charge in [-0.2, -0.15) is 0 Å². The van der Waals surface area contributed by atoms with Crippen molar-refractivity contribution in [2.24, 2.45) is 18.0 Å². The maximum absolute atomic E-state index is 13.6. The van der Waals surface area contributed by atoms with Gasteiger partial charge in [0.15, 0.2) is 5.84 Å². The third-order valence-corrected chi connectivity index (χ3v) is 9.01. The number of fused-ring (bicyclic) bond motifs is 1. The monoisotopic (exact) mass is 572 g/mol. The molecule has 1 saturated heterocycles. The number of aryl methyl sites for hydroxylation is 1. The van der Waals surface area contributed by atoms with Crippen LogP contribution in [0.2, 0.25) is 5.02 Å². The number of aliphatic imine (C=N–C) groups is 1. The van der Waals surface area contributed by atoms with Gasteiger partial charge in [-0.15, -0.1) is 0 Å². The van der Waals surface area contributed by atoms with Crippen LogP contribution in [0.5, 0.6) is 0 Å². The van der Waals surface area contributed by atoms with Crippen molar-refractivity contribution in [1.29, 1.82) is 0 Å². The first-order chi connectivity index (χ1) is 19.9. The van der Waals surface area contributed by atoms with Gasteiger partial charge in [0.05, 0.1) is 11.0 Å². The van der Waals surface area contributed by atoms with E-state index in [0.29, 0.717) is 54.9 Å². The summed E-state index contributed by atoms with van der Waals surface area (Å²) in [6.45, 7) is 3.88. The van der Waals surface area contributed by atoms with Crippen molar-refractivity contribution in [2.75, 3.05) is 26.2 Å². The lowest BCUT2D eigenvalue weighted by molar-refractivity contribution is -0.126. The number of rotatable bonds is 5. The van der Waals surface area contributed by atoms with Crippen molar-refractivity contribution < 1.29 is 9.59 Å². The lowest BCUT2D eigenvalue weighted by atomic mass is 10.0. The molecule has 3 heterocycles. The number of carbonyl (C=O) groups excluding carboxylic acids is 2. The largest absolute Gasteiger partial charge is 0.342 e. The molecule has 2 aromatic carbocycles. The first-order valence-electron chi connectivity index (χ1n) is 14.7. The maximum Gasteiger partial charge on any atom is 0.289 e. The first-order valence-corrected chi connectivity index (χ1v) is 15.1. The second kappa shape index (κ2) is 11.7. The zero-order valence-electron chi connectivity index (χ0n) is 23.8. The number of hydrogen-bond acceptors (Lipinski definition) is 5. The molecule has 8 nitrogen and oxygen atoms in total. The minimum Gasteiger partial charge on any atom is -0.342 e. The average molecular weight is 573 g/mol. The van der Waals surface area contributed by atoms with Gasteiger partial charge in [-0.3, -0.25) is 14.6 Å². The van der Waals surface area contributed by atoms with Gasteiger partial charge in [0, 0.05) is 62.5 Å². The molecule has 41 heavy (non-hydrogen) atoms. The third-order valence-electron chi connectivity index (χ3n) is 8.77. The molecular formula is C32H37ClN6O2. The Morgan fingerprint density at radius 3 is 2.68 bits per heavy atom. The third kappa shape index (κ3) is 5.75. The molecule has 1 aromatic heterocycles. The number of benzene rings is 2. The van der Waals surface area contributed by atoms with Crippen LogP contribution in [-0.2, 0) is 18.3 Å². The number of amidine groups is 1. The van der Waals surface area contributed by atoms with Crippen LogP contribution in [0, 0.1) is 5.92 Å². The van der Waals surface area contributed by atoms with Crippen LogP contribution in [0.4, 0.5) is 0 Å². The molecular weight excluding hydrogens is 536 g/mol. The van der Waals surface area contributed by atoms with Crippen molar-refractivity contribution in [3.63, 3.8) is 0 Å². The van der Waals surface area contributed by atoms with E-state index in [1.807, 2.05) is 60.5 Å². The molecule has 0 radical (unpaired) electrons. The van der Waals surface area contributed by atoms with Crippen LogP contribution in [0.3, 0.4) is 0 Å². The van der Waals surface area contributed by atoms with Crippen LogP contribution in [0.1, 0.15) is 60.8 Å². The minimum atomic E-state index is -0.141. The van der Waals surface area contributed by atoms with E-state index < -0.39 is 0 Å². The maximum atomic E-state index is 13.6. The Morgan fingerprint density at radius 1 is 1.07 bits per heavy atom. The number of hydrogen-bond donors (Lipinski definition) is 1. The van der Waals surface area contributed by atoms with Crippen LogP contribution in [0.15, 0.2) is 53.7 Å². The Balaban J connectivity index is 1.10. The molecule has 9 heteroatoms. The topological polar surface area (TPSA) is 82.8 Å². The molecule has 1 saturated carbocycles. The quantitative estimate of drug-likeness (QED) is 0.463. The summed E-state index contributed by atoms with van der Waals surface area (Å²) in [5, 5.41) is 3.81. The van der Waals surface area contributed by atoms with Gasteiger partial charge in [0.25, 0.3) is 11.8 Å². The van der Waals surface area contributed by atoms with Crippen LogP contribution in [0.25, 0.3) is 16.6 Å². The normalized spacial score (nSPS) is 20.0. The first kappa shape index (κ1) is 27.5. The van der Waals surface area contributed by atoms with Gasteiger partial charge in [-0.05, 0) is 60.7 Å². The molecule has 214 valence electrons. The zero-order valence-corrected chi connectivity index (χ0v) is 24.5. The van der Waals surface area contributed by atoms with Crippen molar-refractivity contribution in [3.05, 3.63) is 70.6 Å². The Bertz CT molecular complexity index is 1540. The van der Waals surface area contributed by atoms with E-state index in [4.69, 9.17) is 16.6 Å². The van der Waals surface area contributed by atoms with E-state index in [0.717, 1.165) is 34.4 Å². The molecule has 0 bridgehead atoms. The summed E-state index contributed by atoms with van der Waals surface area (Å²) in [6.07, 6.45) is 8.76. The molecule has 0 spiro atoms. The molecule has 2 fully saturated rings. The summed E-state index contributed by atoms with van der Waals surface area (Å²) in [5.74, 6) is 1.99. The molecule has 3 aromatic rings. The highest BCUT2D eigenvalue weighted by Crippen LogP contribution is 2.29. The van der Waals surface area contributed by atoms with Gasteiger partial charge >= 0.3 is 0 Å². The summed E-state index contributed by atoms with van der Waals surface area (Å²) in [7, 11) is 2.07. The van der Waals surface area contributed by atoms with Crippen LogP contribution >= 0.6 is 11.6 Å². The fourth-order valence-corrected chi connectivity index (χ4v) is 6.59. The van der Waals surface area contributed by atoms with Gasteiger partial charge in [-0.1, -0.05) is 49.4 Å². The Morgan fingerprint density at radius 2 is 1.90 bits per heavy atom. The smallest absolute Gasteiger partial charge is 0.289 e. The standard InChI is InChI=1S/C32H37ClN6O2/c1-21-20-38(32(41)30-34-13-12-25(19-35-30)23-8-5-9-26(33)17-23)14-15-39(21)31(40)24-10-11-28-27(18-24)36-29(37(28)2)16-22-6-3-4-7-22/h5,8-11,17-19,21-22H,3-4,6-7,12-16,20H2,1-2H3,(H,34,35). The number of nitrogens with zero attached hydrogens (tertiary/aromatic N) is 5. The highest BCUT2D eigenvalue weighted by atomic mass is 35.5. The molecule has 1 aliphatic carbocycles. The molecule has 2 amide bonds. The number of nitrogens with one attached hydrogen (secondary N) is 1. The highest BCUT2D eigenvalue weighted by Gasteiger charge is 2.32. The number of amides is 2. The second-order valence-corrected chi connectivity index (χ2v) is 12.0. The van der Waals surface area contributed by atoms with E-state index in [1.54, 1.807) is 4.90 Å². The molecule has 1 N–H and O–H groups in total. The SMILES string of the molecule is CC1CN(C(=O)C2=NCCC(c3cccc(Cl)c3)=CN2)CCN1C(=O)c1ccc2c(c1)nc(CC1CCCC1)n2C. The zero-order chi connectivity index (χ0) is 28.5. The van der Waals surface area contributed by atoms with Gasteiger partial charge in [0.2, 0.25) is 0 Å². The average Bonchev–Trinajstić information content (AvgIpc) is 3.51. The fraction of sp³-hybridized carbons (Fsp3) is 0.438. The Hall–Kier alpha value is -3.65. The summed E-state index contributed by atoms with van der Waals surface area (Å²) in [5.41, 5.74) is 4.64. The molecule has 6 rings (SSSR count). The minimum absolute atomic E-state index is 0.0199. The number of imidazole rings is 1. The van der Waals surface area contributed by atoms with Crippen molar-refractivity contribution in [2.45, 2.75) is 51.5 Å². The van der Waals surface area contributed by atoms with E-state index in [9.17, 15) is 9.59 Å². The van der Waals surface area contributed by atoms with Crippen molar-refractivity contribution in [3.8, 4) is 0 Å². The molecule has 1 unspecified atom stereocenters. The fourth-order valence-electron chi connectivity index (χ4n) is 6.40. The van der Waals surface area contributed by atoms with E-state index in [1.165, 1.54) is 25.7 Å².